The van der Waals surface area contributed by atoms with Crippen LogP contribution in [0.25, 0.3) is 0 Å². The molecule has 1 aliphatic rings. The molecule has 0 aliphatic carbocycles. The molecule has 0 saturated carbocycles. The first-order chi connectivity index (χ1) is 9.07. The summed E-state index contributed by atoms with van der Waals surface area (Å²) in [5.74, 6) is 0. The van der Waals surface area contributed by atoms with Crippen LogP contribution in [0.2, 0.25) is 32.2 Å². The smallest absolute Gasteiger partial charge is 0.101 e. The van der Waals surface area contributed by atoms with Crippen molar-refractivity contribution in [3.63, 3.8) is 0 Å². The SMILES string of the molecule is C[SiH](C)CCCNCCNC1([SiH](C)C)CCCCO1. The van der Waals surface area contributed by atoms with Crippen LogP contribution in [0.3, 0.4) is 0 Å². The summed E-state index contributed by atoms with van der Waals surface area (Å²) in [6, 6.07) is 1.46. The number of ether oxygens (including phenoxy) is 1. The third-order valence-corrected chi connectivity index (χ3v) is 8.18. The average molecular weight is 303 g/mol. The third-order valence-electron chi connectivity index (χ3n) is 4.10. The van der Waals surface area contributed by atoms with Gasteiger partial charge in [-0.15, -0.1) is 0 Å². The molecule has 1 aliphatic heterocycles. The van der Waals surface area contributed by atoms with Crippen LogP contribution in [0.4, 0.5) is 0 Å². The zero-order valence-corrected chi connectivity index (χ0v) is 15.7. The highest BCUT2D eigenvalue weighted by molar-refractivity contribution is 6.59. The van der Waals surface area contributed by atoms with E-state index < -0.39 is 8.80 Å². The quantitative estimate of drug-likeness (QED) is 0.505. The maximum absolute atomic E-state index is 6.11. The van der Waals surface area contributed by atoms with Crippen molar-refractivity contribution in [2.75, 3.05) is 26.2 Å². The molecule has 0 aromatic carbocycles. The monoisotopic (exact) mass is 302 g/mol. The fourth-order valence-corrected chi connectivity index (χ4v) is 5.54. The molecule has 3 nitrogen and oxygen atoms in total. The second kappa shape index (κ2) is 9.29. The first kappa shape index (κ1) is 17.4. The minimum Gasteiger partial charge on any atom is -0.364 e. The highest BCUT2D eigenvalue weighted by Gasteiger charge is 2.36. The first-order valence-electron chi connectivity index (χ1n) is 8.16. The molecule has 1 atom stereocenters. The lowest BCUT2D eigenvalue weighted by Crippen LogP contribution is -2.59. The van der Waals surface area contributed by atoms with E-state index in [1.54, 1.807) is 0 Å². The van der Waals surface area contributed by atoms with Crippen molar-refractivity contribution in [1.82, 2.24) is 10.6 Å². The van der Waals surface area contributed by atoms with Gasteiger partial charge in [0, 0.05) is 28.5 Å². The van der Waals surface area contributed by atoms with Gasteiger partial charge in [0.05, 0.1) is 8.80 Å². The van der Waals surface area contributed by atoms with Crippen LogP contribution in [0.5, 0.6) is 0 Å². The maximum atomic E-state index is 6.11. The van der Waals surface area contributed by atoms with Crippen molar-refractivity contribution in [3.8, 4) is 0 Å². The van der Waals surface area contributed by atoms with E-state index in [-0.39, 0.29) is 14.1 Å². The lowest BCUT2D eigenvalue weighted by Gasteiger charge is -2.41. The summed E-state index contributed by atoms with van der Waals surface area (Å²) in [7, 11) is -1.17. The van der Waals surface area contributed by atoms with Crippen molar-refractivity contribution >= 4 is 17.6 Å². The fourth-order valence-electron chi connectivity index (χ4n) is 2.74. The van der Waals surface area contributed by atoms with E-state index >= 15 is 0 Å². The molecule has 19 heavy (non-hydrogen) atoms. The number of rotatable bonds is 9. The van der Waals surface area contributed by atoms with E-state index in [4.69, 9.17) is 4.74 Å². The molecule has 2 N–H and O–H groups in total. The first-order valence-corrected chi connectivity index (χ1v) is 14.2. The van der Waals surface area contributed by atoms with E-state index in [0.717, 1.165) is 19.7 Å². The summed E-state index contributed by atoms with van der Waals surface area (Å²) >= 11 is 0. The van der Waals surface area contributed by atoms with Gasteiger partial charge in [-0.3, -0.25) is 5.32 Å². The second-order valence-corrected chi connectivity index (χ2v) is 13.2. The Morgan fingerprint density at radius 3 is 2.42 bits per heavy atom. The van der Waals surface area contributed by atoms with Gasteiger partial charge in [0.25, 0.3) is 0 Å². The maximum Gasteiger partial charge on any atom is 0.101 e. The molecular weight excluding hydrogens is 268 g/mol. The van der Waals surface area contributed by atoms with Crippen LogP contribution in [0.15, 0.2) is 0 Å². The third kappa shape index (κ3) is 6.53. The van der Waals surface area contributed by atoms with Gasteiger partial charge in [-0.05, 0) is 32.2 Å². The summed E-state index contributed by atoms with van der Waals surface area (Å²) in [5, 5.41) is 7.35. The summed E-state index contributed by atoms with van der Waals surface area (Å²) in [6.45, 7) is 13.9. The largest absolute Gasteiger partial charge is 0.364 e. The second-order valence-electron chi connectivity index (χ2n) is 6.56. The minimum absolute atomic E-state index is 0.0742. The van der Waals surface area contributed by atoms with Gasteiger partial charge in [-0.2, -0.15) is 0 Å². The molecule has 0 aromatic rings. The molecule has 1 saturated heterocycles. The van der Waals surface area contributed by atoms with Crippen molar-refractivity contribution in [2.24, 2.45) is 0 Å². The molecule has 5 heteroatoms. The molecule has 114 valence electrons. The topological polar surface area (TPSA) is 33.3 Å². The normalized spacial score (nSPS) is 24.3. The lowest BCUT2D eigenvalue weighted by molar-refractivity contribution is -0.0446. The summed E-state index contributed by atoms with van der Waals surface area (Å²) < 4.78 is 6.11. The Morgan fingerprint density at radius 2 is 1.84 bits per heavy atom. The van der Waals surface area contributed by atoms with Gasteiger partial charge in [0.2, 0.25) is 0 Å². The van der Waals surface area contributed by atoms with Crippen molar-refractivity contribution in [2.45, 2.75) is 63.3 Å². The lowest BCUT2D eigenvalue weighted by atomic mass is 10.2. The Labute approximate surface area is 123 Å². The predicted molar refractivity (Wildman–Crippen MR) is 90.6 cm³/mol. The van der Waals surface area contributed by atoms with Crippen LogP contribution < -0.4 is 10.6 Å². The van der Waals surface area contributed by atoms with Crippen LogP contribution in [-0.4, -0.2) is 49.2 Å². The van der Waals surface area contributed by atoms with Gasteiger partial charge in [0.15, 0.2) is 0 Å². The molecule has 0 spiro atoms. The predicted octanol–water partition coefficient (Wildman–Crippen LogP) is 1.97. The van der Waals surface area contributed by atoms with Crippen LogP contribution >= 0.6 is 0 Å². The van der Waals surface area contributed by atoms with E-state index in [9.17, 15) is 0 Å². The van der Waals surface area contributed by atoms with Crippen LogP contribution in [0.1, 0.15) is 25.7 Å². The fraction of sp³-hybridized carbons (Fsp3) is 1.00. The van der Waals surface area contributed by atoms with Gasteiger partial charge in [-0.1, -0.05) is 32.2 Å². The van der Waals surface area contributed by atoms with E-state index in [2.05, 4.69) is 36.8 Å². The molecule has 1 unspecified atom stereocenters. The standard InChI is InChI=1S/C14H34N2OSi2/c1-18(2)13-7-9-15-10-11-16-14(19(3)4)8-5-6-12-17-14/h15-16,18-19H,5-13H2,1-4H3. The molecule has 1 fully saturated rings. The Bertz CT molecular complexity index is 231. The molecule has 0 radical (unpaired) electrons. The Balaban J connectivity index is 2.12. The number of nitrogens with one attached hydrogen (secondary N) is 2. The molecule has 0 aromatic heterocycles. The number of hydrogen-bond donors (Lipinski definition) is 2. The van der Waals surface area contributed by atoms with Crippen molar-refractivity contribution in [1.29, 1.82) is 0 Å². The Morgan fingerprint density at radius 1 is 1.05 bits per heavy atom. The van der Waals surface area contributed by atoms with Gasteiger partial charge in [-0.25, -0.2) is 0 Å². The van der Waals surface area contributed by atoms with Crippen LogP contribution in [0, 0.1) is 0 Å². The van der Waals surface area contributed by atoms with E-state index in [1.165, 1.54) is 38.3 Å². The van der Waals surface area contributed by atoms with Crippen molar-refractivity contribution < 1.29 is 4.74 Å². The summed E-state index contributed by atoms with van der Waals surface area (Å²) in [5.41, 5.74) is 0. The average Bonchev–Trinajstić information content (AvgIpc) is 2.38. The van der Waals surface area contributed by atoms with Gasteiger partial charge >= 0.3 is 0 Å². The molecule has 1 heterocycles. The molecule has 1 rings (SSSR count). The molecule has 0 bridgehead atoms. The highest BCUT2D eigenvalue weighted by atomic mass is 28.3. The zero-order chi connectivity index (χ0) is 14.1. The van der Waals surface area contributed by atoms with Gasteiger partial charge in [0.1, 0.15) is 5.35 Å². The highest BCUT2D eigenvalue weighted by Crippen LogP contribution is 2.24. The summed E-state index contributed by atoms with van der Waals surface area (Å²) in [4.78, 5) is 0. The minimum atomic E-state index is -0.822. The van der Waals surface area contributed by atoms with Crippen LogP contribution in [-0.2, 0) is 4.74 Å². The van der Waals surface area contributed by atoms with E-state index in [0.29, 0.717) is 0 Å². The van der Waals surface area contributed by atoms with E-state index in [1.807, 2.05) is 0 Å². The number of hydrogen-bond acceptors (Lipinski definition) is 3. The van der Waals surface area contributed by atoms with Gasteiger partial charge < -0.3 is 10.1 Å². The Hall–Kier alpha value is 0.314. The molecule has 0 amide bonds. The summed E-state index contributed by atoms with van der Waals surface area (Å²) in [6.07, 6.45) is 5.13. The molecular formula is C14H34N2OSi2. The zero-order valence-electron chi connectivity index (χ0n) is 13.4. The Kier molecular flexibility index (Phi) is 8.49. The van der Waals surface area contributed by atoms with Crippen molar-refractivity contribution in [3.05, 3.63) is 0 Å².